The molecule has 0 saturated heterocycles. The van der Waals surface area contributed by atoms with E-state index in [-0.39, 0.29) is 10.3 Å². The molecule has 4 nitrogen and oxygen atoms in total. The van der Waals surface area contributed by atoms with E-state index < -0.39 is 5.97 Å². The Hall–Kier alpha value is -1.46. The molecule has 0 bridgehead atoms. The quantitative estimate of drug-likeness (QED) is 0.855. The number of fused-ring (bicyclic) bond motifs is 1. The van der Waals surface area contributed by atoms with Crippen LogP contribution in [0, 0.1) is 0 Å². The number of hydrogen-bond donors (Lipinski definition) is 2. The van der Waals surface area contributed by atoms with Gasteiger partial charge in [-0.15, -0.1) is 0 Å². The van der Waals surface area contributed by atoms with Gasteiger partial charge in [-0.1, -0.05) is 18.2 Å². The summed E-state index contributed by atoms with van der Waals surface area (Å²) in [6.45, 7) is 5.48. The number of nitrogens with one attached hydrogen (secondary N) is 1. The molecule has 0 amide bonds. The van der Waals surface area contributed by atoms with Gasteiger partial charge >= 0.3 is 5.97 Å². The van der Waals surface area contributed by atoms with Gasteiger partial charge in [-0.2, -0.15) is 11.8 Å². The molecule has 108 valence electrons. The van der Waals surface area contributed by atoms with E-state index in [4.69, 9.17) is 4.42 Å². The van der Waals surface area contributed by atoms with Crippen LogP contribution in [0.25, 0.3) is 11.0 Å². The zero-order valence-electron chi connectivity index (χ0n) is 11.9. The third kappa shape index (κ3) is 3.16. The first-order valence-electron chi connectivity index (χ1n) is 6.44. The van der Waals surface area contributed by atoms with Crippen LogP contribution in [0.15, 0.2) is 28.7 Å². The summed E-state index contributed by atoms with van der Waals surface area (Å²) in [5.74, 6) is -0.466. The summed E-state index contributed by atoms with van der Waals surface area (Å²) in [7, 11) is 0. The van der Waals surface area contributed by atoms with Crippen LogP contribution in [0.3, 0.4) is 0 Å². The topological polar surface area (TPSA) is 62.5 Å². The number of carbonyl (C=O) groups is 1. The smallest absolute Gasteiger partial charge is 0.339 e. The summed E-state index contributed by atoms with van der Waals surface area (Å²) in [4.78, 5) is 11.4. The van der Waals surface area contributed by atoms with Crippen molar-refractivity contribution in [1.29, 1.82) is 0 Å². The molecule has 1 heterocycles. The average Bonchev–Trinajstić information content (AvgIpc) is 2.76. The van der Waals surface area contributed by atoms with E-state index in [9.17, 15) is 9.90 Å². The van der Waals surface area contributed by atoms with Gasteiger partial charge in [-0.25, -0.2) is 4.79 Å². The second-order valence-electron chi connectivity index (χ2n) is 5.27. The van der Waals surface area contributed by atoms with Gasteiger partial charge in [0.15, 0.2) is 0 Å². The van der Waals surface area contributed by atoms with Gasteiger partial charge in [-0.05, 0) is 26.2 Å². The van der Waals surface area contributed by atoms with E-state index in [1.54, 1.807) is 23.9 Å². The zero-order valence-corrected chi connectivity index (χ0v) is 12.7. The highest BCUT2D eigenvalue weighted by Crippen LogP contribution is 2.26. The first-order chi connectivity index (χ1) is 9.44. The molecule has 0 saturated carbocycles. The Morgan fingerprint density at radius 3 is 2.75 bits per heavy atom. The lowest BCUT2D eigenvalue weighted by atomic mass is 10.1. The molecule has 2 aromatic rings. The van der Waals surface area contributed by atoms with Crippen molar-refractivity contribution >= 4 is 28.7 Å². The third-order valence-electron chi connectivity index (χ3n) is 3.27. The van der Waals surface area contributed by atoms with Crippen molar-refractivity contribution in [1.82, 2.24) is 5.32 Å². The van der Waals surface area contributed by atoms with Gasteiger partial charge in [0.1, 0.15) is 16.9 Å². The lowest BCUT2D eigenvalue weighted by Crippen LogP contribution is -2.31. The maximum atomic E-state index is 11.4. The molecule has 1 aromatic carbocycles. The highest BCUT2D eigenvalue weighted by atomic mass is 32.2. The number of thioether (sulfide) groups is 1. The van der Waals surface area contributed by atoms with E-state index in [1.807, 2.05) is 12.1 Å². The summed E-state index contributed by atoms with van der Waals surface area (Å²) in [5.41, 5.74) is 0.876. The number of benzene rings is 1. The van der Waals surface area contributed by atoms with Gasteiger partial charge < -0.3 is 14.8 Å². The molecule has 0 fully saturated rings. The number of hydrogen-bond acceptors (Lipinski definition) is 4. The van der Waals surface area contributed by atoms with E-state index in [2.05, 4.69) is 25.4 Å². The van der Waals surface area contributed by atoms with Crippen LogP contribution in [0.4, 0.5) is 0 Å². The van der Waals surface area contributed by atoms with Crippen molar-refractivity contribution in [2.75, 3.05) is 12.8 Å². The molecule has 0 unspecified atom stereocenters. The standard InChI is InChI=1S/C15H19NO3S/c1-15(2,20-3)9-16-8-12-13(14(17)18)10-6-4-5-7-11(10)19-12/h4-7,16H,8-9H2,1-3H3,(H,17,18). The molecule has 0 aliphatic rings. The maximum absolute atomic E-state index is 11.4. The molecular formula is C15H19NO3S. The Labute approximate surface area is 122 Å². The zero-order chi connectivity index (χ0) is 14.8. The first kappa shape index (κ1) is 14.9. The molecule has 5 heteroatoms. The van der Waals surface area contributed by atoms with Crippen LogP contribution >= 0.6 is 11.8 Å². The number of para-hydroxylation sites is 1. The summed E-state index contributed by atoms with van der Waals surface area (Å²) < 4.78 is 5.77. The molecule has 1 aromatic heterocycles. The normalized spacial score (nSPS) is 11.9. The fourth-order valence-corrected chi connectivity index (χ4v) is 2.25. The van der Waals surface area contributed by atoms with Gasteiger partial charge in [0, 0.05) is 16.7 Å². The van der Waals surface area contributed by atoms with Crippen LogP contribution in [-0.2, 0) is 6.54 Å². The fraction of sp³-hybridized carbons (Fsp3) is 0.400. The maximum Gasteiger partial charge on any atom is 0.339 e. The summed E-state index contributed by atoms with van der Waals surface area (Å²) >= 11 is 1.77. The Balaban J connectivity index is 2.21. The lowest BCUT2D eigenvalue weighted by Gasteiger charge is -2.22. The molecule has 0 aliphatic heterocycles. The predicted molar refractivity (Wildman–Crippen MR) is 82.5 cm³/mol. The van der Waals surface area contributed by atoms with Crippen molar-refractivity contribution in [3.05, 3.63) is 35.6 Å². The molecule has 2 N–H and O–H groups in total. The fourth-order valence-electron chi connectivity index (χ4n) is 2.00. The number of carboxylic acid groups (broad SMARTS) is 1. The Bertz CT molecular complexity index is 619. The lowest BCUT2D eigenvalue weighted by molar-refractivity contribution is 0.0696. The average molecular weight is 293 g/mol. The van der Waals surface area contributed by atoms with Crippen molar-refractivity contribution < 1.29 is 14.3 Å². The number of furan rings is 1. The van der Waals surface area contributed by atoms with Crippen molar-refractivity contribution in [3.63, 3.8) is 0 Å². The second-order valence-corrected chi connectivity index (χ2v) is 6.78. The Morgan fingerprint density at radius 1 is 1.40 bits per heavy atom. The van der Waals surface area contributed by atoms with Crippen molar-refractivity contribution in [3.8, 4) is 0 Å². The number of carboxylic acids is 1. The predicted octanol–water partition coefficient (Wildman–Crippen LogP) is 3.36. The minimum Gasteiger partial charge on any atom is -0.478 e. The van der Waals surface area contributed by atoms with Gasteiger partial charge in [0.05, 0.1) is 6.54 Å². The molecule has 0 aliphatic carbocycles. The molecule has 0 atom stereocenters. The minimum absolute atomic E-state index is 0.107. The first-order valence-corrected chi connectivity index (χ1v) is 7.66. The molecule has 20 heavy (non-hydrogen) atoms. The molecule has 0 spiro atoms. The van der Waals surface area contributed by atoms with Gasteiger partial charge in [-0.3, -0.25) is 0 Å². The second kappa shape index (κ2) is 5.89. The van der Waals surface area contributed by atoms with Crippen molar-refractivity contribution in [2.45, 2.75) is 25.1 Å². The highest BCUT2D eigenvalue weighted by molar-refractivity contribution is 7.99. The van der Waals surface area contributed by atoms with Gasteiger partial charge in [0.25, 0.3) is 0 Å². The Kier molecular flexibility index (Phi) is 4.40. The van der Waals surface area contributed by atoms with E-state index >= 15 is 0 Å². The molecule has 0 radical (unpaired) electrons. The SMILES string of the molecule is CSC(C)(C)CNCc1oc2ccccc2c1C(=O)O. The van der Waals surface area contributed by atoms with Gasteiger partial charge in [0.2, 0.25) is 0 Å². The summed E-state index contributed by atoms with van der Waals surface area (Å²) in [6.07, 6.45) is 2.06. The Morgan fingerprint density at radius 2 is 2.10 bits per heavy atom. The molecule has 2 rings (SSSR count). The molecular weight excluding hydrogens is 274 g/mol. The number of rotatable bonds is 6. The minimum atomic E-state index is -0.948. The highest BCUT2D eigenvalue weighted by Gasteiger charge is 2.21. The summed E-state index contributed by atoms with van der Waals surface area (Å²) in [5, 5.41) is 13.3. The van der Waals surface area contributed by atoms with Crippen molar-refractivity contribution in [2.24, 2.45) is 0 Å². The van der Waals surface area contributed by atoms with Crippen LogP contribution in [0.1, 0.15) is 30.0 Å². The van der Waals surface area contributed by atoms with Crippen LogP contribution < -0.4 is 5.32 Å². The summed E-state index contributed by atoms with van der Waals surface area (Å²) in [6, 6.07) is 7.22. The number of aromatic carboxylic acids is 1. The monoisotopic (exact) mass is 293 g/mol. The van der Waals surface area contributed by atoms with E-state index in [0.717, 1.165) is 6.54 Å². The van der Waals surface area contributed by atoms with E-state index in [1.165, 1.54) is 0 Å². The van der Waals surface area contributed by atoms with E-state index in [0.29, 0.717) is 23.3 Å². The van der Waals surface area contributed by atoms with Crippen LogP contribution in [0.2, 0.25) is 0 Å². The third-order valence-corrected chi connectivity index (χ3v) is 4.52. The van der Waals surface area contributed by atoms with Crippen LogP contribution in [0.5, 0.6) is 0 Å². The largest absolute Gasteiger partial charge is 0.478 e. The van der Waals surface area contributed by atoms with Crippen LogP contribution in [-0.4, -0.2) is 28.6 Å².